The molecule has 3 aromatic heterocycles. The van der Waals surface area contributed by atoms with Crippen molar-refractivity contribution in [1.82, 2.24) is 40.0 Å². The highest BCUT2D eigenvalue weighted by Crippen LogP contribution is 2.29. The monoisotopic (exact) mass is 562 g/mol. The molecular weight excluding hydrogens is 536 g/mol. The summed E-state index contributed by atoms with van der Waals surface area (Å²) in [6, 6.07) is 20.0. The summed E-state index contributed by atoms with van der Waals surface area (Å²) in [4.78, 5) is 39.2. The molecule has 2 amide bonds. The van der Waals surface area contributed by atoms with Crippen LogP contribution in [0.4, 0.5) is 5.69 Å². The molecule has 0 saturated carbocycles. The highest BCUT2D eigenvalue weighted by Gasteiger charge is 2.31. The predicted octanol–water partition coefficient (Wildman–Crippen LogP) is 2.79. The van der Waals surface area contributed by atoms with Crippen LogP contribution in [0, 0.1) is 11.3 Å². The molecule has 1 fully saturated rings. The Morgan fingerprint density at radius 1 is 1.02 bits per heavy atom. The molecule has 42 heavy (non-hydrogen) atoms. The van der Waals surface area contributed by atoms with Crippen molar-refractivity contribution in [3.8, 4) is 17.5 Å². The van der Waals surface area contributed by atoms with Crippen molar-refractivity contribution in [2.75, 3.05) is 31.5 Å². The second-order valence-corrected chi connectivity index (χ2v) is 9.90. The third-order valence-corrected chi connectivity index (χ3v) is 6.96. The molecule has 13 nitrogen and oxygen atoms in total. The Hall–Kier alpha value is -5.48. The van der Waals surface area contributed by atoms with Crippen LogP contribution in [-0.4, -0.2) is 78.0 Å². The van der Waals surface area contributed by atoms with Crippen LogP contribution in [0.25, 0.3) is 22.6 Å². The zero-order valence-corrected chi connectivity index (χ0v) is 22.9. The molecule has 0 spiro atoms. The summed E-state index contributed by atoms with van der Waals surface area (Å²) in [5, 5.41) is 25.1. The lowest BCUT2D eigenvalue weighted by Gasteiger charge is -2.38. The van der Waals surface area contributed by atoms with Gasteiger partial charge in [-0.2, -0.15) is 10.1 Å². The van der Waals surface area contributed by atoms with Crippen LogP contribution in [0.3, 0.4) is 0 Å². The van der Waals surface area contributed by atoms with Crippen molar-refractivity contribution in [2.45, 2.75) is 13.0 Å². The van der Waals surface area contributed by atoms with E-state index in [0.29, 0.717) is 54.4 Å². The second kappa shape index (κ2) is 11.2. The smallest absolute Gasteiger partial charge is 0.272 e. The molecule has 210 valence electrons. The standard InChI is InChI=1S/C29H26N10O3/c1-18(40)31-21-8-9-25-23(16-21)33-28(42-25)20-14-22(17-30)32-24(15-20)29(41)39-12-10-38(11-13-39)26(19-6-4-3-5-7-19)27-34-36-37(2)35-27/h3-9,14-16,26H,10-13H2,1-2H3,(H,31,40). The van der Waals surface area contributed by atoms with Gasteiger partial charge in [-0.3, -0.25) is 14.5 Å². The van der Waals surface area contributed by atoms with Crippen molar-refractivity contribution in [2.24, 2.45) is 7.05 Å². The van der Waals surface area contributed by atoms with E-state index < -0.39 is 0 Å². The molecule has 0 radical (unpaired) electrons. The van der Waals surface area contributed by atoms with Crippen molar-refractivity contribution >= 4 is 28.6 Å². The number of aromatic nitrogens is 6. The lowest BCUT2D eigenvalue weighted by atomic mass is 10.0. The Kier molecular flexibility index (Phi) is 7.12. The zero-order valence-electron chi connectivity index (χ0n) is 22.9. The maximum absolute atomic E-state index is 13.6. The number of carbonyl (C=O) groups is 2. The number of aryl methyl sites for hydroxylation is 1. The lowest BCUT2D eigenvalue weighted by Crippen LogP contribution is -2.50. The number of oxazole rings is 1. The van der Waals surface area contributed by atoms with Crippen molar-refractivity contribution in [1.29, 1.82) is 5.26 Å². The predicted molar refractivity (Wildman–Crippen MR) is 151 cm³/mol. The van der Waals surface area contributed by atoms with Crippen LogP contribution in [0.2, 0.25) is 0 Å². The summed E-state index contributed by atoms with van der Waals surface area (Å²) >= 11 is 0. The number of nitrogens with one attached hydrogen (secondary N) is 1. The number of hydrogen-bond acceptors (Lipinski definition) is 10. The van der Waals surface area contributed by atoms with Crippen LogP contribution in [-0.2, 0) is 11.8 Å². The molecule has 0 aliphatic carbocycles. The van der Waals surface area contributed by atoms with E-state index in [1.807, 2.05) is 36.4 Å². The number of amides is 2. The summed E-state index contributed by atoms with van der Waals surface area (Å²) in [5.74, 6) is 0.353. The molecule has 1 unspecified atom stereocenters. The number of pyridine rings is 1. The minimum absolute atomic E-state index is 0.0774. The van der Waals surface area contributed by atoms with Gasteiger partial charge in [0.1, 0.15) is 23.0 Å². The van der Waals surface area contributed by atoms with Gasteiger partial charge >= 0.3 is 0 Å². The highest BCUT2D eigenvalue weighted by atomic mass is 16.3. The second-order valence-electron chi connectivity index (χ2n) is 9.90. The SMILES string of the molecule is CC(=O)Nc1ccc2oc(-c3cc(C#N)nc(C(=O)N4CCN(C(c5ccccc5)c5nnn(C)n5)CC4)c3)nc2c1. The molecule has 1 N–H and O–H groups in total. The first kappa shape index (κ1) is 26.7. The number of tetrazole rings is 1. The van der Waals surface area contributed by atoms with Crippen LogP contribution in [0.1, 0.15) is 40.5 Å². The number of nitrogens with zero attached hydrogens (tertiary/aromatic N) is 9. The summed E-state index contributed by atoms with van der Waals surface area (Å²) < 4.78 is 5.91. The first-order valence-corrected chi connectivity index (χ1v) is 13.3. The number of rotatable bonds is 6. The first-order chi connectivity index (χ1) is 20.4. The number of piperazine rings is 1. The minimum Gasteiger partial charge on any atom is -0.436 e. The molecule has 1 saturated heterocycles. The van der Waals surface area contributed by atoms with Gasteiger partial charge in [0.2, 0.25) is 11.8 Å². The maximum Gasteiger partial charge on any atom is 0.272 e. The van der Waals surface area contributed by atoms with Crippen LogP contribution in [0.15, 0.2) is 65.1 Å². The molecule has 4 heterocycles. The van der Waals surface area contributed by atoms with Crippen LogP contribution >= 0.6 is 0 Å². The number of anilines is 1. The van der Waals surface area contributed by atoms with Crippen molar-refractivity contribution in [3.63, 3.8) is 0 Å². The summed E-state index contributed by atoms with van der Waals surface area (Å²) in [6.45, 7) is 3.48. The Balaban J connectivity index is 1.22. The van der Waals surface area contributed by atoms with Crippen LogP contribution in [0.5, 0.6) is 0 Å². The summed E-state index contributed by atoms with van der Waals surface area (Å²) in [7, 11) is 1.73. The van der Waals surface area contributed by atoms with E-state index >= 15 is 0 Å². The molecule has 1 atom stereocenters. The van der Waals surface area contributed by atoms with E-state index in [2.05, 4.69) is 35.6 Å². The van der Waals surface area contributed by atoms with Crippen molar-refractivity contribution in [3.05, 3.63) is 83.4 Å². The van der Waals surface area contributed by atoms with Gasteiger partial charge in [-0.15, -0.1) is 10.2 Å². The van der Waals surface area contributed by atoms with E-state index in [1.54, 1.807) is 36.2 Å². The summed E-state index contributed by atoms with van der Waals surface area (Å²) in [5.41, 5.74) is 3.33. The van der Waals surface area contributed by atoms with E-state index in [0.717, 1.165) is 5.56 Å². The molecule has 6 rings (SSSR count). The molecule has 1 aliphatic heterocycles. The number of fused-ring (bicyclic) bond motifs is 1. The Morgan fingerprint density at radius 3 is 2.50 bits per heavy atom. The van der Waals surface area contributed by atoms with E-state index in [1.165, 1.54) is 17.8 Å². The van der Waals surface area contributed by atoms with Gasteiger partial charge < -0.3 is 14.6 Å². The first-order valence-electron chi connectivity index (χ1n) is 13.3. The topological polar surface area (TPSA) is 159 Å². The highest BCUT2D eigenvalue weighted by molar-refractivity contribution is 5.94. The maximum atomic E-state index is 13.6. The molecular formula is C29H26N10O3. The van der Waals surface area contributed by atoms with E-state index in [9.17, 15) is 14.9 Å². The van der Waals surface area contributed by atoms with Gasteiger partial charge in [0.25, 0.3) is 5.91 Å². The quantitative estimate of drug-likeness (QED) is 0.326. The normalized spacial score (nSPS) is 14.5. The molecule has 13 heteroatoms. The average molecular weight is 563 g/mol. The Bertz CT molecular complexity index is 1820. The molecule has 2 aromatic carbocycles. The van der Waals surface area contributed by atoms with E-state index in [4.69, 9.17) is 4.42 Å². The third-order valence-electron chi connectivity index (χ3n) is 6.96. The number of benzene rings is 2. The van der Waals surface area contributed by atoms with Gasteiger partial charge in [0.05, 0.1) is 13.1 Å². The van der Waals surface area contributed by atoms with Gasteiger partial charge in [-0.1, -0.05) is 30.3 Å². The molecule has 5 aromatic rings. The largest absolute Gasteiger partial charge is 0.436 e. The van der Waals surface area contributed by atoms with Gasteiger partial charge in [0, 0.05) is 44.4 Å². The van der Waals surface area contributed by atoms with Gasteiger partial charge in [-0.05, 0) is 41.1 Å². The number of nitriles is 1. The fraction of sp³-hybridized carbons (Fsp3) is 0.241. The fourth-order valence-electron chi connectivity index (χ4n) is 5.06. The lowest BCUT2D eigenvalue weighted by molar-refractivity contribution is -0.114. The molecule has 1 aliphatic rings. The minimum atomic E-state index is -0.286. The Morgan fingerprint density at radius 2 is 1.81 bits per heavy atom. The van der Waals surface area contributed by atoms with Crippen molar-refractivity contribution < 1.29 is 14.0 Å². The van der Waals surface area contributed by atoms with Gasteiger partial charge in [0.15, 0.2) is 11.4 Å². The fourth-order valence-corrected chi connectivity index (χ4v) is 5.06. The van der Waals surface area contributed by atoms with Crippen LogP contribution < -0.4 is 5.32 Å². The average Bonchev–Trinajstić information content (AvgIpc) is 3.63. The molecule has 0 bridgehead atoms. The summed E-state index contributed by atoms with van der Waals surface area (Å²) in [6.07, 6.45) is 0. The third kappa shape index (κ3) is 5.43. The van der Waals surface area contributed by atoms with Gasteiger partial charge in [-0.25, -0.2) is 9.97 Å². The van der Waals surface area contributed by atoms with E-state index in [-0.39, 0.29) is 35.1 Å². The Labute approximate surface area is 240 Å². The number of carbonyl (C=O) groups excluding carboxylic acids is 2. The number of hydrogen-bond donors (Lipinski definition) is 1. The zero-order chi connectivity index (χ0) is 29.2.